The van der Waals surface area contributed by atoms with Gasteiger partial charge >= 0.3 is 0 Å². The molecule has 2 aromatic heterocycles. The van der Waals surface area contributed by atoms with E-state index in [-0.39, 0.29) is 28.2 Å². The topological polar surface area (TPSA) is 84.7 Å². The third-order valence-corrected chi connectivity index (χ3v) is 3.90. The first-order chi connectivity index (χ1) is 12.1. The lowest BCUT2D eigenvalue weighted by atomic mass is 10.2. The molecule has 0 fully saturated rings. The number of benzene rings is 2. The van der Waals surface area contributed by atoms with Crippen molar-refractivity contribution in [3.05, 3.63) is 75.4 Å². The van der Waals surface area contributed by atoms with Gasteiger partial charge in [-0.1, -0.05) is 47.1 Å². The van der Waals surface area contributed by atoms with Crippen molar-refractivity contribution in [2.45, 2.75) is 6.42 Å². The third-order valence-electron chi connectivity index (χ3n) is 3.62. The Hall–Kier alpha value is -3.06. The van der Waals surface area contributed by atoms with Crippen LogP contribution in [0.5, 0.6) is 0 Å². The van der Waals surface area contributed by atoms with Crippen LogP contribution in [0.25, 0.3) is 22.3 Å². The molecule has 0 radical (unpaired) electrons. The molecule has 4 rings (SSSR count). The predicted molar refractivity (Wildman–Crippen MR) is 89.9 cm³/mol. The van der Waals surface area contributed by atoms with Crippen molar-refractivity contribution < 1.29 is 8.91 Å². The second kappa shape index (κ2) is 6.10. The first-order valence-corrected chi connectivity index (χ1v) is 7.74. The Kier molecular flexibility index (Phi) is 3.77. The average molecular weight is 357 g/mol. The van der Waals surface area contributed by atoms with Gasteiger partial charge in [0.25, 0.3) is 5.56 Å². The molecule has 2 heterocycles. The van der Waals surface area contributed by atoms with Crippen molar-refractivity contribution in [3.63, 3.8) is 0 Å². The summed E-state index contributed by atoms with van der Waals surface area (Å²) in [5.41, 5.74) is 0.613. The zero-order chi connectivity index (χ0) is 17.4. The molecule has 1 N–H and O–H groups in total. The van der Waals surface area contributed by atoms with Gasteiger partial charge in [0.05, 0.1) is 22.3 Å². The van der Waals surface area contributed by atoms with Gasteiger partial charge in [0.15, 0.2) is 0 Å². The van der Waals surface area contributed by atoms with E-state index >= 15 is 0 Å². The van der Waals surface area contributed by atoms with Gasteiger partial charge in [-0.25, -0.2) is 9.37 Å². The van der Waals surface area contributed by atoms with Crippen LogP contribution in [0.3, 0.4) is 0 Å². The molecular weight excluding hydrogens is 347 g/mol. The number of nitrogens with zero attached hydrogens (tertiary/aromatic N) is 3. The Bertz CT molecular complexity index is 1120. The van der Waals surface area contributed by atoms with Crippen LogP contribution in [-0.2, 0) is 6.42 Å². The van der Waals surface area contributed by atoms with E-state index in [9.17, 15) is 9.18 Å². The van der Waals surface area contributed by atoms with Gasteiger partial charge in [0.1, 0.15) is 11.6 Å². The molecule has 0 atom stereocenters. The highest BCUT2D eigenvalue weighted by Gasteiger charge is 2.13. The summed E-state index contributed by atoms with van der Waals surface area (Å²) >= 11 is 5.70. The second-order valence-corrected chi connectivity index (χ2v) is 5.76. The summed E-state index contributed by atoms with van der Waals surface area (Å²) in [6.45, 7) is 0. The molecule has 6 nitrogen and oxygen atoms in total. The number of aromatic amines is 1. The van der Waals surface area contributed by atoms with Gasteiger partial charge in [0, 0.05) is 11.6 Å². The second-order valence-electron chi connectivity index (χ2n) is 5.35. The van der Waals surface area contributed by atoms with E-state index in [1.165, 1.54) is 6.07 Å². The Morgan fingerprint density at radius 2 is 1.96 bits per heavy atom. The van der Waals surface area contributed by atoms with Gasteiger partial charge in [-0.2, -0.15) is 4.98 Å². The van der Waals surface area contributed by atoms with Crippen molar-refractivity contribution in [2.75, 3.05) is 0 Å². The molecule has 0 saturated carbocycles. The van der Waals surface area contributed by atoms with Crippen LogP contribution in [0, 0.1) is 5.82 Å². The molecule has 2 aromatic carbocycles. The van der Waals surface area contributed by atoms with Crippen molar-refractivity contribution in [1.29, 1.82) is 0 Å². The number of halogens is 2. The van der Waals surface area contributed by atoms with Crippen molar-refractivity contribution in [3.8, 4) is 11.4 Å². The largest absolute Gasteiger partial charge is 0.338 e. The quantitative estimate of drug-likeness (QED) is 0.608. The van der Waals surface area contributed by atoms with Gasteiger partial charge in [-0.3, -0.25) is 4.79 Å². The molecule has 124 valence electrons. The number of nitrogens with one attached hydrogen (secondary N) is 1. The number of fused-ring (bicyclic) bond motifs is 1. The normalized spacial score (nSPS) is 11.1. The Labute approximate surface area is 145 Å². The molecular formula is C17H10ClFN4O2. The molecule has 0 saturated heterocycles. The van der Waals surface area contributed by atoms with Gasteiger partial charge < -0.3 is 9.51 Å². The van der Waals surface area contributed by atoms with E-state index in [0.29, 0.717) is 11.6 Å². The van der Waals surface area contributed by atoms with Crippen LogP contribution in [0.4, 0.5) is 4.39 Å². The van der Waals surface area contributed by atoms with Crippen LogP contribution in [-0.4, -0.2) is 20.1 Å². The number of rotatable bonds is 3. The summed E-state index contributed by atoms with van der Waals surface area (Å²) in [5, 5.41) is 4.00. The van der Waals surface area contributed by atoms with E-state index in [1.54, 1.807) is 0 Å². The lowest BCUT2D eigenvalue weighted by Crippen LogP contribution is -2.12. The van der Waals surface area contributed by atoms with Crippen LogP contribution < -0.4 is 5.56 Å². The molecule has 0 amide bonds. The van der Waals surface area contributed by atoms with E-state index in [0.717, 1.165) is 11.6 Å². The van der Waals surface area contributed by atoms with Crippen LogP contribution in [0.2, 0.25) is 5.02 Å². The lowest BCUT2D eigenvalue weighted by molar-refractivity contribution is 0.384. The molecule has 0 bridgehead atoms. The fourth-order valence-electron chi connectivity index (χ4n) is 2.44. The van der Waals surface area contributed by atoms with Crippen molar-refractivity contribution in [2.24, 2.45) is 0 Å². The van der Waals surface area contributed by atoms with Gasteiger partial charge in [-0.15, -0.1) is 0 Å². The summed E-state index contributed by atoms with van der Waals surface area (Å²) in [6, 6.07) is 11.7. The molecule has 0 aliphatic carbocycles. The maximum absolute atomic E-state index is 13.6. The van der Waals surface area contributed by atoms with Crippen molar-refractivity contribution in [1.82, 2.24) is 20.1 Å². The van der Waals surface area contributed by atoms with E-state index in [1.807, 2.05) is 30.3 Å². The summed E-state index contributed by atoms with van der Waals surface area (Å²) < 4.78 is 18.8. The maximum atomic E-state index is 13.6. The number of hydrogen-bond acceptors (Lipinski definition) is 5. The minimum atomic E-state index is -0.637. The molecule has 25 heavy (non-hydrogen) atoms. The summed E-state index contributed by atoms with van der Waals surface area (Å²) in [4.78, 5) is 23.3. The number of hydrogen-bond donors (Lipinski definition) is 1. The standard InChI is InChI=1S/C17H10ClFN4O2/c18-11-6-10-13(7-12(11)19)20-14(21-17(10)24)8-15-22-16(23-25-15)9-4-2-1-3-5-9/h1-7H,8H2,(H,20,21,24). The number of H-pyrrole nitrogens is 1. The highest BCUT2D eigenvalue weighted by molar-refractivity contribution is 6.31. The fraction of sp³-hybridized carbons (Fsp3) is 0.0588. The molecule has 0 unspecified atom stereocenters. The smallest absolute Gasteiger partial charge is 0.258 e. The molecule has 0 aliphatic rings. The Balaban J connectivity index is 1.68. The minimum Gasteiger partial charge on any atom is -0.338 e. The van der Waals surface area contributed by atoms with Crippen LogP contribution >= 0.6 is 11.6 Å². The highest BCUT2D eigenvalue weighted by Crippen LogP contribution is 2.20. The Morgan fingerprint density at radius 3 is 2.76 bits per heavy atom. The van der Waals surface area contributed by atoms with Gasteiger partial charge in [-0.05, 0) is 6.07 Å². The maximum Gasteiger partial charge on any atom is 0.258 e. The molecule has 0 aliphatic heterocycles. The predicted octanol–water partition coefficient (Wildman–Crippen LogP) is 3.36. The zero-order valence-electron chi connectivity index (χ0n) is 12.7. The molecule has 8 heteroatoms. The minimum absolute atomic E-state index is 0.120. The number of aromatic nitrogens is 4. The molecule has 4 aromatic rings. The van der Waals surface area contributed by atoms with E-state index in [2.05, 4.69) is 20.1 Å². The monoisotopic (exact) mass is 356 g/mol. The van der Waals surface area contributed by atoms with Gasteiger partial charge in [0.2, 0.25) is 11.7 Å². The van der Waals surface area contributed by atoms with E-state index < -0.39 is 11.4 Å². The zero-order valence-corrected chi connectivity index (χ0v) is 13.4. The van der Waals surface area contributed by atoms with Crippen molar-refractivity contribution >= 4 is 22.5 Å². The molecule has 0 spiro atoms. The SMILES string of the molecule is O=c1[nH]c(Cc2nc(-c3ccccc3)no2)nc2cc(F)c(Cl)cc12. The average Bonchev–Trinajstić information content (AvgIpc) is 3.06. The van der Waals surface area contributed by atoms with Crippen LogP contribution in [0.15, 0.2) is 51.8 Å². The first-order valence-electron chi connectivity index (χ1n) is 7.36. The van der Waals surface area contributed by atoms with E-state index in [4.69, 9.17) is 16.1 Å². The first kappa shape index (κ1) is 15.5. The summed E-state index contributed by atoms with van der Waals surface area (Å²) in [6.07, 6.45) is 0.120. The summed E-state index contributed by atoms with van der Waals surface area (Å²) in [7, 11) is 0. The summed E-state index contributed by atoms with van der Waals surface area (Å²) in [5.74, 6) is 0.386. The third kappa shape index (κ3) is 3.01. The lowest BCUT2D eigenvalue weighted by Gasteiger charge is -2.02. The fourth-order valence-corrected chi connectivity index (χ4v) is 2.60. The Morgan fingerprint density at radius 1 is 1.16 bits per heavy atom. The highest BCUT2D eigenvalue weighted by atomic mass is 35.5. The van der Waals surface area contributed by atoms with Crippen LogP contribution in [0.1, 0.15) is 11.7 Å².